The number of rotatable bonds is 2. The first-order chi connectivity index (χ1) is 7.67. The van der Waals surface area contributed by atoms with Crippen LogP contribution in [0.3, 0.4) is 0 Å². The van der Waals surface area contributed by atoms with Gasteiger partial charge in [-0.05, 0) is 17.7 Å². The number of ether oxygens (including phenoxy) is 1. The van der Waals surface area contributed by atoms with Crippen molar-refractivity contribution in [3.63, 3.8) is 0 Å². The zero-order valence-electron chi connectivity index (χ0n) is 8.58. The van der Waals surface area contributed by atoms with Gasteiger partial charge < -0.3 is 9.72 Å². The summed E-state index contributed by atoms with van der Waals surface area (Å²) in [6.07, 6.45) is 1.86. The number of H-pyrrole nitrogens is 1. The molecule has 84 valence electrons. The fourth-order valence-corrected chi connectivity index (χ4v) is 2.10. The summed E-state index contributed by atoms with van der Waals surface area (Å²) in [7, 11) is 1.33. The Morgan fingerprint density at radius 2 is 2.31 bits per heavy atom. The van der Waals surface area contributed by atoms with Crippen molar-refractivity contribution < 1.29 is 9.53 Å². The number of nitrogens with one attached hydrogen (secondary N) is 1. The number of aromatic amines is 1. The Bertz CT molecular complexity index is 550. The molecule has 0 spiro atoms. The summed E-state index contributed by atoms with van der Waals surface area (Å²) < 4.78 is 4.66. The molecular weight excluding hydrogens is 246 g/mol. The van der Waals surface area contributed by atoms with E-state index in [2.05, 4.69) is 22.3 Å². The molecule has 16 heavy (non-hydrogen) atoms. The van der Waals surface area contributed by atoms with E-state index >= 15 is 0 Å². The van der Waals surface area contributed by atoms with Crippen molar-refractivity contribution in [3.8, 4) is 0 Å². The maximum Gasteiger partial charge on any atom is 0.339 e. The van der Waals surface area contributed by atoms with Gasteiger partial charge in [-0.15, -0.1) is 0 Å². The van der Waals surface area contributed by atoms with E-state index in [1.807, 2.05) is 6.20 Å². The Kier molecular flexibility index (Phi) is 3.12. The molecule has 3 nitrogen and oxygen atoms in total. The van der Waals surface area contributed by atoms with Crippen molar-refractivity contribution in [1.82, 2.24) is 4.98 Å². The third-order valence-electron chi connectivity index (χ3n) is 2.43. The summed E-state index contributed by atoms with van der Waals surface area (Å²) in [6, 6.07) is 3.45. The van der Waals surface area contributed by atoms with Crippen LogP contribution in [0.5, 0.6) is 0 Å². The fourth-order valence-electron chi connectivity index (χ4n) is 1.60. The minimum atomic E-state index is -0.432. The standard InChI is InChI=1S/C11H10ClNO2S/c1-15-11(14)8-2-7-6(5-16)4-13-10(7)3-9(8)12/h2-4,13,16H,5H2,1H3. The van der Waals surface area contributed by atoms with Gasteiger partial charge in [-0.1, -0.05) is 11.6 Å². The van der Waals surface area contributed by atoms with E-state index in [1.165, 1.54) is 7.11 Å². The monoisotopic (exact) mass is 255 g/mol. The Morgan fingerprint density at radius 3 is 2.94 bits per heavy atom. The molecule has 0 atom stereocenters. The van der Waals surface area contributed by atoms with Crippen LogP contribution in [-0.4, -0.2) is 18.1 Å². The Hall–Kier alpha value is -1.13. The number of carbonyl (C=O) groups is 1. The highest BCUT2D eigenvalue weighted by atomic mass is 35.5. The van der Waals surface area contributed by atoms with E-state index in [9.17, 15) is 4.79 Å². The van der Waals surface area contributed by atoms with Gasteiger partial charge in [-0.25, -0.2) is 4.79 Å². The number of hydrogen-bond acceptors (Lipinski definition) is 3. The van der Waals surface area contributed by atoms with Crippen molar-refractivity contribution >= 4 is 41.1 Å². The number of methoxy groups -OCH3 is 1. The molecule has 1 N–H and O–H groups in total. The number of carbonyl (C=O) groups excluding carboxylic acids is 1. The van der Waals surface area contributed by atoms with Gasteiger partial charge in [-0.2, -0.15) is 12.6 Å². The minimum Gasteiger partial charge on any atom is -0.465 e. The molecule has 0 unspecified atom stereocenters. The molecule has 0 saturated heterocycles. The molecule has 0 bridgehead atoms. The van der Waals surface area contributed by atoms with Gasteiger partial charge in [0.05, 0.1) is 17.7 Å². The van der Waals surface area contributed by atoms with E-state index in [1.54, 1.807) is 12.1 Å². The third kappa shape index (κ3) is 1.79. The minimum absolute atomic E-state index is 0.374. The molecule has 1 heterocycles. The third-order valence-corrected chi connectivity index (χ3v) is 3.08. The normalized spacial score (nSPS) is 10.7. The highest BCUT2D eigenvalue weighted by Crippen LogP contribution is 2.27. The quantitative estimate of drug-likeness (QED) is 0.640. The summed E-state index contributed by atoms with van der Waals surface area (Å²) in [5.74, 6) is 0.167. The maximum atomic E-state index is 11.5. The second kappa shape index (κ2) is 4.39. The molecule has 0 saturated carbocycles. The number of esters is 1. The van der Waals surface area contributed by atoms with Gasteiger partial charge in [-0.3, -0.25) is 0 Å². The van der Waals surface area contributed by atoms with Gasteiger partial charge in [0.2, 0.25) is 0 Å². The molecular formula is C11H10ClNO2S. The molecule has 0 aliphatic heterocycles. The number of benzene rings is 1. The van der Waals surface area contributed by atoms with Gasteiger partial charge in [0.25, 0.3) is 0 Å². The van der Waals surface area contributed by atoms with Crippen LogP contribution in [-0.2, 0) is 10.5 Å². The molecule has 0 fully saturated rings. The van der Waals surface area contributed by atoms with Crippen molar-refractivity contribution in [2.75, 3.05) is 7.11 Å². The summed E-state index contributed by atoms with van der Waals surface area (Å²) in [5, 5.41) is 1.33. The van der Waals surface area contributed by atoms with E-state index in [-0.39, 0.29) is 0 Å². The molecule has 0 aliphatic carbocycles. The predicted octanol–water partition coefficient (Wildman–Crippen LogP) is 3.04. The van der Waals surface area contributed by atoms with E-state index < -0.39 is 5.97 Å². The predicted molar refractivity (Wildman–Crippen MR) is 67.3 cm³/mol. The van der Waals surface area contributed by atoms with Crippen LogP contribution >= 0.6 is 24.2 Å². The second-order valence-corrected chi connectivity index (χ2v) is 4.06. The number of hydrogen-bond donors (Lipinski definition) is 2. The van der Waals surface area contributed by atoms with Gasteiger partial charge in [0, 0.05) is 22.9 Å². The van der Waals surface area contributed by atoms with Crippen LogP contribution in [0.4, 0.5) is 0 Å². The van der Waals surface area contributed by atoms with Crippen molar-refractivity contribution in [3.05, 3.63) is 34.5 Å². The molecule has 2 rings (SSSR count). The first kappa shape index (κ1) is 11.4. The molecule has 1 aromatic carbocycles. The van der Waals surface area contributed by atoms with Crippen LogP contribution in [0.25, 0.3) is 10.9 Å². The summed E-state index contributed by atoms with van der Waals surface area (Å²) >= 11 is 10.2. The first-order valence-electron chi connectivity index (χ1n) is 4.66. The summed E-state index contributed by atoms with van der Waals surface area (Å²) in [4.78, 5) is 14.5. The molecule has 0 amide bonds. The lowest BCUT2D eigenvalue weighted by Crippen LogP contribution is -2.01. The van der Waals surface area contributed by atoms with Crippen molar-refractivity contribution in [1.29, 1.82) is 0 Å². The SMILES string of the molecule is COC(=O)c1cc2c(CS)c[nH]c2cc1Cl. The van der Waals surface area contributed by atoms with Crippen LogP contribution in [0.2, 0.25) is 5.02 Å². The Labute approximate surface area is 103 Å². The highest BCUT2D eigenvalue weighted by Gasteiger charge is 2.13. The van der Waals surface area contributed by atoms with Crippen LogP contribution in [0, 0.1) is 0 Å². The maximum absolute atomic E-state index is 11.5. The Balaban J connectivity index is 2.67. The van der Waals surface area contributed by atoms with Gasteiger partial charge in [0.1, 0.15) is 0 Å². The van der Waals surface area contributed by atoms with Crippen LogP contribution in [0.1, 0.15) is 15.9 Å². The van der Waals surface area contributed by atoms with Crippen molar-refractivity contribution in [2.45, 2.75) is 5.75 Å². The van der Waals surface area contributed by atoms with Crippen molar-refractivity contribution in [2.24, 2.45) is 0 Å². The van der Waals surface area contributed by atoms with Gasteiger partial charge in [0.15, 0.2) is 0 Å². The number of thiol groups is 1. The smallest absolute Gasteiger partial charge is 0.339 e. The zero-order valence-corrected chi connectivity index (χ0v) is 10.2. The Morgan fingerprint density at radius 1 is 1.56 bits per heavy atom. The fraction of sp³-hybridized carbons (Fsp3) is 0.182. The lowest BCUT2D eigenvalue weighted by Gasteiger charge is -2.03. The highest BCUT2D eigenvalue weighted by molar-refractivity contribution is 7.79. The van der Waals surface area contributed by atoms with E-state index in [0.29, 0.717) is 16.3 Å². The largest absolute Gasteiger partial charge is 0.465 e. The van der Waals surface area contributed by atoms with Crippen LogP contribution in [0.15, 0.2) is 18.3 Å². The van der Waals surface area contributed by atoms with Crippen LogP contribution < -0.4 is 0 Å². The molecule has 0 radical (unpaired) electrons. The van der Waals surface area contributed by atoms with Gasteiger partial charge >= 0.3 is 5.97 Å². The first-order valence-corrected chi connectivity index (χ1v) is 5.67. The average Bonchev–Trinajstić information content (AvgIpc) is 2.68. The topological polar surface area (TPSA) is 42.1 Å². The average molecular weight is 256 g/mol. The number of aromatic nitrogens is 1. The van der Waals surface area contributed by atoms with E-state index in [0.717, 1.165) is 16.5 Å². The molecule has 0 aliphatic rings. The summed E-state index contributed by atoms with van der Waals surface area (Å²) in [6.45, 7) is 0. The lowest BCUT2D eigenvalue weighted by molar-refractivity contribution is 0.0601. The second-order valence-electron chi connectivity index (χ2n) is 3.34. The zero-order chi connectivity index (χ0) is 11.7. The molecule has 1 aromatic heterocycles. The number of halogens is 1. The van der Waals surface area contributed by atoms with E-state index in [4.69, 9.17) is 11.6 Å². The molecule has 2 aromatic rings. The summed E-state index contributed by atoms with van der Waals surface area (Å²) in [5.41, 5.74) is 2.29. The number of fused-ring (bicyclic) bond motifs is 1. The lowest BCUT2D eigenvalue weighted by atomic mass is 10.1. The molecule has 5 heteroatoms.